The Labute approximate surface area is 123 Å². The van der Waals surface area contributed by atoms with E-state index in [2.05, 4.69) is 20.5 Å². The maximum Gasteiger partial charge on any atom is 0.181 e. The van der Waals surface area contributed by atoms with Gasteiger partial charge in [0.2, 0.25) is 0 Å². The Hall–Kier alpha value is -1.43. The molecule has 2 aromatic heterocycles. The van der Waals surface area contributed by atoms with E-state index in [1.54, 1.807) is 4.68 Å². The highest BCUT2D eigenvalue weighted by Gasteiger charge is 2.15. The Balaban J connectivity index is 2.12. The first-order chi connectivity index (χ1) is 9.16. The van der Waals surface area contributed by atoms with Crippen molar-refractivity contribution in [2.75, 3.05) is 0 Å². The minimum atomic E-state index is 0.171. The van der Waals surface area contributed by atoms with Gasteiger partial charge < -0.3 is 0 Å². The van der Waals surface area contributed by atoms with Gasteiger partial charge in [-0.15, -0.1) is 15.3 Å². The summed E-state index contributed by atoms with van der Waals surface area (Å²) in [6.45, 7) is 0.428. The Morgan fingerprint density at radius 2 is 1.68 bits per heavy atom. The maximum atomic E-state index is 6.11. The first kappa shape index (κ1) is 12.6. The van der Waals surface area contributed by atoms with E-state index in [9.17, 15) is 0 Å². The number of rotatable bonds is 2. The van der Waals surface area contributed by atoms with Gasteiger partial charge in [-0.3, -0.25) is 0 Å². The lowest BCUT2D eigenvalue weighted by Crippen LogP contribution is -2.03. The van der Waals surface area contributed by atoms with Gasteiger partial charge in [-0.1, -0.05) is 58.2 Å². The number of hydrogen-bond acceptors (Lipinski definition) is 4. The molecule has 19 heavy (non-hydrogen) atoms. The van der Waals surface area contributed by atoms with Crippen molar-refractivity contribution in [3.8, 4) is 0 Å². The Morgan fingerprint density at radius 3 is 2.47 bits per heavy atom. The molecule has 0 N–H and O–H groups in total. The Morgan fingerprint density at radius 1 is 0.947 bits per heavy atom. The molecule has 5 nitrogen and oxygen atoms in total. The Bertz CT molecular complexity index is 755. The van der Waals surface area contributed by atoms with E-state index in [-0.39, 0.29) is 10.3 Å². The van der Waals surface area contributed by atoms with Crippen molar-refractivity contribution < 1.29 is 0 Å². The third kappa shape index (κ3) is 2.25. The molecule has 0 fully saturated rings. The molecule has 0 spiro atoms. The van der Waals surface area contributed by atoms with Crippen molar-refractivity contribution in [3.05, 3.63) is 45.2 Å². The number of benzene rings is 1. The minimum absolute atomic E-state index is 0.171. The van der Waals surface area contributed by atoms with Crippen molar-refractivity contribution in [1.82, 2.24) is 25.2 Å². The number of aromatic nitrogens is 5. The molecule has 3 aromatic rings. The number of nitrogens with zero attached hydrogens (tertiary/aromatic N) is 5. The number of fused-ring (bicyclic) bond motifs is 1. The van der Waals surface area contributed by atoms with Gasteiger partial charge in [-0.2, -0.15) is 0 Å². The van der Waals surface area contributed by atoms with Crippen LogP contribution < -0.4 is 0 Å². The molecule has 0 aliphatic carbocycles. The Kier molecular flexibility index (Phi) is 3.26. The molecule has 0 aliphatic rings. The lowest BCUT2D eigenvalue weighted by Gasteiger charge is -2.05. The van der Waals surface area contributed by atoms with Crippen LogP contribution in [0.1, 0.15) is 5.56 Å². The van der Waals surface area contributed by atoms with Crippen LogP contribution in [0, 0.1) is 0 Å². The molecule has 0 unspecified atom stereocenters. The first-order valence-corrected chi connectivity index (χ1v) is 6.44. The van der Waals surface area contributed by atoms with Crippen LogP contribution in [0.5, 0.6) is 0 Å². The number of halogens is 3. The fourth-order valence-corrected chi connectivity index (χ4v) is 2.32. The van der Waals surface area contributed by atoms with Gasteiger partial charge >= 0.3 is 0 Å². The van der Waals surface area contributed by atoms with Crippen LogP contribution in [-0.4, -0.2) is 25.2 Å². The van der Waals surface area contributed by atoms with E-state index in [1.165, 1.54) is 0 Å². The molecule has 96 valence electrons. The summed E-state index contributed by atoms with van der Waals surface area (Å²) in [5.74, 6) is 0. The van der Waals surface area contributed by atoms with Crippen molar-refractivity contribution in [2.24, 2.45) is 0 Å². The summed E-state index contributed by atoms with van der Waals surface area (Å²) in [6, 6.07) is 7.47. The molecule has 0 saturated heterocycles. The second kappa shape index (κ2) is 4.92. The molecule has 0 aliphatic heterocycles. The van der Waals surface area contributed by atoms with Crippen LogP contribution in [0.3, 0.4) is 0 Å². The standard InChI is InChI=1S/C11H6Cl3N5/c12-7-4-2-1-3-6(7)5-19-9-8(15-18-19)10(13)16-17-11(9)14/h1-4H,5H2. The minimum Gasteiger partial charge on any atom is -0.237 e. The molecule has 3 rings (SSSR count). The SMILES string of the molecule is Clc1ccccc1Cn1nnc2c(Cl)nnc(Cl)c21. The normalized spacial score (nSPS) is 11.1. The zero-order chi connectivity index (χ0) is 13.4. The van der Waals surface area contributed by atoms with Gasteiger partial charge in [0.1, 0.15) is 5.52 Å². The maximum absolute atomic E-state index is 6.11. The predicted molar refractivity (Wildman–Crippen MR) is 73.7 cm³/mol. The fourth-order valence-electron chi connectivity index (χ4n) is 1.74. The van der Waals surface area contributed by atoms with E-state index in [4.69, 9.17) is 34.8 Å². The number of hydrogen-bond donors (Lipinski definition) is 0. The van der Waals surface area contributed by atoms with Crippen LogP contribution in [0.25, 0.3) is 11.0 Å². The van der Waals surface area contributed by atoms with E-state index in [0.29, 0.717) is 22.6 Å². The summed E-state index contributed by atoms with van der Waals surface area (Å²) in [5.41, 5.74) is 1.87. The molecule has 0 saturated carbocycles. The monoisotopic (exact) mass is 313 g/mol. The third-order valence-electron chi connectivity index (χ3n) is 2.63. The quantitative estimate of drug-likeness (QED) is 0.728. The average Bonchev–Trinajstić information content (AvgIpc) is 2.82. The molecule has 0 amide bonds. The fraction of sp³-hybridized carbons (Fsp3) is 0.0909. The van der Waals surface area contributed by atoms with Gasteiger partial charge in [0.05, 0.1) is 6.54 Å². The highest BCUT2D eigenvalue weighted by Crippen LogP contribution is 2.25. The predicted octanol–water partition coefficient (Wildman–Crippen LogP) is 3.23. The summed E-state index contributed by atoms with van der Waals surface area (Å²) in [5, 5.41) is 16.4. The molecular weight excluding hydrogens is 309 g/mol. The van der Waals surface area contributed by atoms with Crippen molar-refractivity contribution >= 4 is 45.8 Å². The summed E-state index contributed by atoms with van der Waals surface area (Å²) in [6.07, 6.45) is 0. The average molecular weight is 315 g/mol. The largest absolute Gasteiger partial charge is 0.237 e. The van der Waals surface area contributed by atoms with Gasteiger partial charge in [-0.25, -0.2) is 4.68 Å². The van der Waals surface area contributed by atoms with E-state index in [0.717, 1.165) is 5.56 Å². The molecule has 1 aromatic carbocycles. The lowest BCUT2D eigenvalue weighted by atomic mass is 10.2. The van der Waals surface area contributed by atoms with Crippen molar-refractivity contribution in [3.63, 3.8) is 0 Å². The van der Waals surface area contributed by atoms with Crippen LogP contribution >= 0.6 is 34.8 Å². The van der Waals surface area contributed by atoms with Crippen molar-refractivity contribution in [1.29, 1.82) is 0 Å². The molecular formula is C11H6Cl3N5. The van der Waals surface area contributed by atoms with Gasteiger partial charge in [0, 0.05) is 5.02 Å². The van der Waals surface area contributed by atoms with Crippen molar-refractivity contribution in [2.45, 2.75) is 6.54 Å². The topological polar surface area (TPSA) is 56.5 Å². The first-order valence-electron chi connectivity index (χ1n) is 5.31. The third-order valence-corrected chi connectivity index (χ3v) is 3.51. The second-order valence-electron chi connectivity index (χ2n) is 3.82. The van der Waals surface area contributed by atoms with E-state index in [1.807, 2.05) is 24.3 Å². The summed E-state index contributed by atoms with van der Waals surface area (Å²) < 4.78 is 1.60. The van der Waals surface area contributed by atoms with Crippen LogP contribution in [0.4, 0.5) is 0 Å². The molecule has 2 heterocycles. The second-order valence-corrected chi connectivity index (χ2v) is 4.94. The zero-order valence-corrected chi connectivity index (χ0v) is 11.7. The molecule has 0 radical (unpaired) electrons. The van der Waals surface area contributed by atoms with E-state index < -0.39 is 0 Å². The van der Waals surface area contributed by atoms with Crippen LogP contribution in [0.15, 0.2) is 24.3 Å². The lowest BCUT2D eigenvalue weighted by molar-refractivity contribution is 0.669. The summed E-state index contributed by atoms with van der Waals surface area (Å²) in [4.78, 5) is 0. The van der Waals surface area contributed by atoms with Crippen LogP contribution in [-0.2, 0) is 6.54 Å². The molecule has 0 atom stereocenters. The van der Waals surface area contributed by atoms with Gasteiger partial charge in [0.15, 0.2) is 15.8 Å². The summed E-state index contributed by atoms with van der Waals surface area (Å²) in [7, 11) is 0. The molecule has 0 bridgehead atoms. The van der Waals surface area contributed by atoms with Gasteiger partial charge in [0.25, 0.3) is 0 Å². The van der Waals surface area contributed by atoms with Crippen LogP contribution in [0.2, 0.25) is 15.3 Å². The van der Waals surface area contributed by atoms with E-state index >= 15 is 0 Å². The smallest absolute Gasteiger partial charge is 0.181 e. The molecule has 8 heteroatoms. The van der Waals surface area contributed by atoms with Gasteiger partial charge in [-0.05, 0) is 11.6 Å². The zero-order valence-electron chi connectivity index (χ0n) is 9.39. The summed E-state index contributed by atoms with van der Waals surface area (Å²) >= 11 is 18.0. The highest BCUT2D eigenvalue weighted by molar-refractivity contribution is 6.37. The highest BCUT2D eigenvalue weighted by atomic mass is 35.5.